The number of nitrogens with zero attached hydrogens (tertiary/aromatic N) is 4. The van der Waals surface area contributed by atoms with Crippen molar-refractivity contribution in [3.05, 3.63) is 231 Å². The number of hydrogen-bond acceptors (Lipinski definition) is 0. The molecule has 0 saturated heterocycles. The Balaban J connectivity index is 0.815. The van der Waals surface area contributed by atoms with Crippen molar-refractivity contribution in [1.29, 1.82) is 0 Å². The minimum Gasteiger partial charge on any atom is -0.309 e. The summed E-state index contributed by atoms with van der Waals surface area (Å²) in [5.41, 5.74) is 14.4. The molecule has 0 aliphatic carbocycles. The topological polar surface area (TPSA) is 19.7 Å². The van der Waals surface area contributed by atoms with Crippen molar-refractivity contribution in [2.24, 2.45) is 0 Å². The van der Waals surface area contributed by atoms with E-state index in [1.165, 1.54) is 120 Å². The van der Waals surface area contributed by atoms with Gasteiger partial charge in [-0.15, -0.1) is 0 Å². The van der Waals surface area contributed by atoms with Crippen LogP contribution in [0.4, 0.5) is 0 Å². The molecule has 14 rings (SSSR count). The fourth-order valence-electron chi connectivity index (χ4n) is 11.4. The Labute approximate surface area is 388 Å². The van der Waals surface area contributed by atoms with Crippen LogP contribution in [0.5, 0.6) is 0 Å². The molecule has 0 aliphatic heterocycles. The lowest BCUT2D eigenvalue weighted by atomic mass is 10.1. The van der Waals surface area contributed by atoms with E-state index in [0.29, 0.717) is 0 Å². The lowest BCUT2D eigenvalue weighted by Gasteiger charge is -2.24. The number of hydrogen-bond donors (Lipinski definition) is 0. The molecule has 0 bridgehead atoms. The molecule has 0 N–H and O–H groups in total. The van der Waals surface area contributed by atoms with Crippen LogP contribution in [0.3, 0.4) is 0 Å². The summed E-state index contributed by atoms with van der Waals surface area (Å²) in [6.45, 7) is 4.95. The first-order valence-electron chi connectivity index (χ1n) is 23.3. The highest BCUT2D eigenvalue weighted by Crippen LogP contribution is 2.39. The average Bonchev–Trinajstić information content (AvgIpc) is 4.11. The van der Waals surface area contributed by atoms with Crippen molar-refractivity contribution < 1.29 is 0 Å². The molecule has 14 aromatic rings. The highest BCUT2D eigenvalue weighted by atomic mass is 28.3. The van der Waals surface area contributed by atoms with Crippen LogP contribution in [-0.4, -0.2) is 26.3 Å². The maximum absolute atomic E-state index is 2.48. The summed E-state index contributed by atoms with van der Waals surface area (Å²) in [7, 11) is -2.08. The molecule has 4 nitrogen and oxygen atoms in total. The van der Waals surface area contributed by atoms with Crippen LogP contribution in [0.25, 0.3) is 110 Å². The number of benzene rings is 10. The maximum atomic E-state index is 2.48. The third-order valence-corrected chi connectivity index (χ3v) is 18.2. The third-order valence-electron chi connectivity index (χ3n) is 14.7. The summed E-state index contributed by atoms with van der Waals surface area (Å²) in [5, 5.41) is 12.9. The van der Waals surface area contributed by atoms with Crippen molar-refractivity contribution >= 4 is 106 Å². The maximum Gasteiger partial charge on any atom is 0.112 e. The second kappa shape index (κ2) is 14.3. The van der Waals surface area contributed by atoms with Crippen LogP contribution >= 0.6 is 0 Å². The van der Waals surface area contributed by atoms with Crippen LogP contribution < -0.4 is 10.4 Å². The van der Waals surface area contributed by atoms with E-state index in [2.05, 4.69) is 262 Å². The van der Waals surface area contributed by atoms with Gasteiger partial charge in [-0.25, -0.2) is 0 Å². The van der Waals surface area contributed by atoms with Crippen LogP contribution in [0.2, 0.25) is 13.1 Å². The van der Waals surface area contributed by atoms with Crippen molar-refractivity contribution in [3.8, 4) is 22.7 Å². The van der Waals surface area contributed by atoms with Gasteiger partial charge >= 0.3 is 0 Å². The zero-order valence-electron chi connectivity index (χ0n) is 37.2. The van der Waals surface area contributed by atoms with Gasteiger partial charge in [0, 0.05) is 65.8 Å². The molecule has 10 aromatic carbocycles. The first kappa shape index (κ1) is 37.9. The van der Waals surface area contributed by atoms with Gasteiger partial charge in [-0.05, 0) is 97.1 Å². The predicted molar refractivity (Wildman–Crippen MR) is 287 cm³/mol. The molecular weight excluding hydrogens is 829 g/mol. The molecule has 0 unspecified atom stereocenters. The Bertz CT molecular complexity index is 3910. The predicted octanol–water partition coefficient (Wildman–Crippen LogP) is 14.9. The summed E-state index contributed by atoms with van der Waals surface area (Å²) in [6, 6.07) is 85.4. The third kappa shape index (κ3) is 5.52. The van der Waals surface area contributed by atoms with Gasteiger partial charge in [0.05, 0.1) is 44.1 Å². The van der Waals surface area contributed by atoms with E-state index in [0.717, 1.165) is 0 Å². The zero-order valence-corrected chi connectivity index (χ0v) is 38.2. The number of rotatable bonds is 6. The van der Waals surface area contributed by atoms with E-state index in [1.807, 2.05) is 0 Å². The molecule has 5 heteroatoms. The molecule has 0 fully saturated rings. The van der Waals surface area contributed by atoms with Crippen LogP contribution in [-0.2, 0) is 0 Å². The Morgan fingerprint density at radius 3 is 0.746 bits per heavy atom. The molecule has 0 spiro atoms. The fraction of sp³-hybridized carbons (Fsp3) is 0.0323. The lowest BCUT2D eigenvalue weighted by molar-refractivity contribution is 1.17. The standard InChI is InChI=1S/C62H44N4Si/c1-67(2,45-33-27-41(28-34-45)63-59-25-13-7-19-51(59)53-39-43(31-37-61(53)63)65-55-21-9-3-15-47(55)48-16-4-10-22-56(48)65)46-35-29-42(30-36-46)64-60-26-14-8-20-52(60)54-40-44(32-38-62(54)64)66-57-23-11-5-17-49(57)50-18-6-12-24-58(50)66/h3-40H,1-2H3. The van der Waals surface area contributed by atoms with Gasteiger partial charge < -0.3 is 18.3 Å². The minimum atomic E-state index is -2.08. The minimum absolute atomic E-state index is 1.17. The monoisotopic (exact) mass is 872 g/mol. The number of para-hydroxylation sites is 6. The molecule has 0 saturated carbocycles. The molecule has 0 amide bonds. The molecule has 67 heavy (non-hydrogen) atoms. The van der Waals surface area contributed by atoms with E-state index < -0.39 is 8.07 Å². The normalized spacial score (nSPS) is 12.3. The van der Waals surface area contributed by atoms with Crippen molar-refractivity contribution in [2.75, 3.05) is 0 Å². The quantitative estimate of drug-likeness (QED) is 0.148. The van der Waals surface area contributed by atoms with E-state index in [4.69, 9.17) is 0 Å². The molecular formula is C62H44N4Si. The molecule has 0 aliphatic rings. The van der Waals surface area contributed by atoms with Crippen molar-refractivity contribution in [2.45, 2.75) is 13.1 Å². The Hall–Kier alpha value is -8.38. The highest BCUT2D eigenvalue weighted by Gasteiger charge is 2.27. The molecule has 4 heterocycles. The molecule has 4 aromatic heterocycles. The summed E-state index contributed by atoms with van der Waals surface area (Å²) < 4.78 is 9.70. The summed E-state index contributed by atoms with van der Waals surface area (Å²) in [5.74, 6) is 0. The zero-order chi connectivity index (χ0) is 44.4. The Kier molecular flexibility index (Phi) is 8.10. The van der Waals surface area contributed by atoms with Gasteiger partial charge in [-0.3, -0.25) is 0 Å². The van der Waals surface area contributed by atoms with E-state index >= 15 is 0 Å². The second-order valence-electron chi connectivity index (χ2n) is 18.6. The Morgan fingerprint density at radius 2 is 0.448 bits per heavy atom. The summed E-state index contributed by atoms with van der Waals surface area (Å²) in [4.78, 5) is 0. The first-order valence-corrected chi connectivity index (χ1v) is 26.3. The smallest absolute Gasteiger partial charge is 0.112 e. The summed E-state index contributed by atoms with van der Waals surface area (Å²) in [6.07, 6.45) is 0. The Morgan fingerprint density at radius 1 is 0.224 bits per heavy atom. The van der Waals surface area contributed by atoms with E-state index in [9.17, 15) is 0 Å². The highest BCUT2D eigenvalue weighted by molar-refractivity contribution is 7.00. The average molecular weight is 873 g/mol. The molecule has 316 valence electrons. The van der Waals surface area contributed by atoms with Crippen LogP contribution in [0.15, 0.2) is 231 Å². The van der Waals surface area contributed by atoms with Gasteiger partial charge in [0.2, 0.25) is 0 Å². The van der Waals surface area contributed by atoms with Crippen LogP contribution in [0.1, 0.15) is 0 Å². The molecule has 0 radical (unpaired) electrons. The second-order valence-corrected chi connectivity index (χ2v) is 23.0. The van der Waals surface area contributed by atoms with Gasteiger partial charge in [0.1, 0.15) is 8.07 Å². The van der Waals surface area contributed by atoms with Gasteiger partial charge in [0.25, 0.3) is 0 Å². The number of aromatic nitrogens is 4. The largest absolute Gasteiger partial charge is 0.309 e. The number of fused-ring (bicyclic) bond motifs is 12. The SMILES string of the molecule is C[Si](C)(c1ccc(-n2c3ccccc3c3cc(-n4c5ccccc5c5ccccc54)ccc32)cc1)c1ccc(-n2c3ccccc3c3cc(-n4c5ccccc5c5ccccc54)ccc32)cc1. The van der Waals surface area contributed by atoms with Crippen molar-refractivity contribution in [1.82, 2.24) is 18.3 Å². The van der Waals surface area contributed by atoms with Gasteiger partial charge in [0.15, 0.2) is 0 Å². The van der Waals surface area contributed by atoms with Gasteiger partial charge in [-0.1, -0.05) is 157 Å². The lowest BCUT2D eigenvalue weighted by Crippen LogP contribution is -2.52. The van der Waals surface area contributed by atoms with Crippen molar-refractivity contribution in [3.63, 3.8) is 0 Å². The van der Waals surface area contributed by atoms with Crippen LogP contribution in [0, 0.1) is 0 Å². The van der Waals surface area contributed by atoms with E-state index in [-0.39, 0.29) is 0 Å². The summed E-state index contributed by atoms with van der Waals surface area (Å²) >= 11 is 0. The first-order chi connectivity index (χ1) is 33.0. The van der Waals surface area contributed by atoms with Gasteiger partial charge in [-0.2, -0.15) is 0 Å². The molecule has 0 atom stereocenters. The van der Waals surface area contributed by atoms with E-state index in [1.54, 1.807) is 0 Å². The fourth-order valence-corrected chi connectivity index (χ4v) is 13.7.